The number of hydrogen-bond acceptors (Lipinski definition) is 4. The number of aromatic nitrogens is 2. The summed E-state index contributed by atoms with van der Waals surface area (Å²) in [5, 5.41) is 0. The van der Waals surface area contributed by atoms with Crippen LogP contribution in [0.4, 0.5) is 0 Å². The molecule has 0 aliphatic carbocycles. The standard InChI is InChI=1S/C22H18N4O3/c27-21(14-20-23-17-11-5-6-12-18(17)24-20)25-26-22(28)16-10-4-7-13-19(16)29-15-8-2-1-3-9-15/h1-13H,14H2,(H,23,24)(H,25,27)(H,26,28). The summed E-state index contributed by atoms with van der Waals surface area (Å²) in [6, 6.07) is 23.5. The van der Waals surface area contributed by atoms with Crippen LogP contribution in [-0.4, -0.2) is 21.8 Å². The third-order valence-electron chi connectivity index (χ3n) is 4.18. The summed E-state index contributed by atoms with van der Waals surface area (Å²) in [7, 11) is 0. The molecule has 7 heteroatoms. The van der Waals surface area contributed by atoms with Crippen molar-refractivity contribution in [1.29, 1.82) is 0 Å². The minimum atomic E-state index is -0.477. The van der Waals surface area contributed by atoms with Crippen LogP contribution >= 0.6 is 0 Å². The Morgan fingerprint density at radius 2 is 1.59 bits per heavy atom. The Morgan fingerprint density at radius 1 is 0.862 bits per heavy atom. The van der Waals surface area contributed by atoms with Crippen LogP contribution < -0.4 is 15.6 Å². The fourth-order valence-electron chi connectivity index (χ4n) is 2.84. The molecule has 0 radical (unpaired) electrons. The van der Waals surface area contributed by atoms with Crippen LogP contribution in [0.3, 0.4) is 0 Å². The van der Waals surface area contributed by atoms with Gasteiger partial charge in [-0.25, -0.2) is 4.98 Å². The van der Waals surface area contributed by atoms with Crippen molar-refractivity contribution in [2.75, 3.05) is 0 Å². The van der Waals surface area contributed by atoms with E-state index in [1.807, 2.05) is 42.5 Å². The number of benzene rings is 3. The van der Waals surface area contributed by atoms with Crippen LogP contribution in [0.1, 0.15) is 16.2 Å². The van der Waals surface area contributed by atoms with Crippen molar-refractivity contribution in [3.63, 3.8) is 0 Å². The Morgan fingerprint density at radius 3 is 2.41 bits per heavy atom. The molecule has 7 nitrogen and oxygen atoms in total. The molecule has 29 heavy (non-hydrogen) atoms. The summed E-state index contributed by atoms with van der Waals surface area (Å²) in [6.07, 6.45) is 0.0110. The van der Waals surface area contributed by atoms with Crippen molar-refractivity contribution in [3.05, 3.63) is 90.3 Å². The molecule has 144 valence electrons. The fourth-order valence-corrected chi connectivity index (χ4v) is 2.84. The molecule has 0 saturated carbocycles. The van der Waals surface area contributed by atoms with E-state index in [9.17, 15) is 9.59 Å². The van der Waals surface area contributed by atoms with Crippen LogP contribution in [0.5, 0.6) is 11.5 Å². The molecule has 0 aliphatic rings. The number of rotatable bonds is 5. The second-order valence-corrected chi connectivity index (χ2v) is 6.29. The topological polar surface area (TPSA) is 96.1 Å². The molecule has 3 N–H and O–H groups in total. The van der Waals surface area contributed by atoms with Gasteiger partial charge in [0.25, 0.3) is 5.91 Å². The van der Waals surface area contributed by atoms with E-state index in [4.69, 9.17) is 4.74 Å². The quantitative estimate of drug-likeness (QED) is 0.458. The Bertz CT molecular complexity index is 1120. The zero-order valence-corrected chi connectivity index (χ0v) is 15.4. The summed E-state index contributed by atoms with van der Waals surface area (Å²) >= 11 is 0. The van der Waals surface area contributed by atoms with Crippen LogP contribution in [0.15, 0.2) is 78.9 Å². The molecular weight excluding hydrogens is 368 g/mol. The number of ether oxygens (including phenoxy) is 1. The smallest absolute Gasteiger partial charge is 0.273 e. The third-order valence-corrected chi connectivity index (χ3v) is 4.18. The van der Waals surface area contributed by atoms with Gasteiger partial charge in [-0.1, -0.05) is 42.5 Å². The zero-order valence-electron chi connectivity index (χ0n) is 15.4. The number of imidazole rings is 1. The molecule has 0 fully saturated rings. The predicted molar refractivity (Wildman–Crippen MR) is 108 cm³/mol. The normalized spacial score (nSPS) is 10.5. The lowest BCUT2D eigenvalue weighted by atomic mass is 10.2. The molecule has 0 aliphatic heterocycles. The maximum Gasteiger partial charge on any atom is 0.273 e. The molecule has 4 rings (SSSR count). The van der Waals surface area contributed by atoms with E-state index in [0.717, 1.165) is 11.0 Å². The first kappa shape index (κ1) is 18.2. The van der Waals surface area contributed by atoms with Gasteiger partial charge in [0.15, 0.2) is 0 Å². The van der Waals surface area contributed by atoms with Gasteiger partial charge in [-0.15, -0.1) is 0 Å². The van der Waals surface area contributed by atoms with Crippen molar-refractivity contribution in [2.24, 2.45) is 0 Å². The number of fused-ring (bicyclic) bond motifs is 1. The molecule has 0 atom stereocenters. The largest absolute Gasteiger partial charge is 0.457 e. The number of carbonyl (C=O) groups excluding carboxylic acids is 2. The third kappa shape index (κ3) is 4.41. The van der Waals surface area contributed by atoms with Gasteiger partial charge in [0.05, 0.1) is 23.0 Å². The average Bonchev–Trinajstić information content (AvgIpc) is 3.15. The van der Waals surface area contributed by atoms with Crippen molar-refractivity contribution >= 4 is 22.8 Å². The van der Waals surface area contributed by atoms with Gasteiger partial charge < -0.3 is 9.72 Å². The molecule has 4 aromatic rings. The van der Waals surface area contributed by atoms with Gasteiger partial charge in [-0.3, -0.25) is 20.4 Å². The minimum absolute atomic E-state index is 0.0110. The molecule has 0 bridgehead atoms. The Balaban J connectivity index is 1.38. The van der Waals surface area contributed by atoms with E-state index in [0.29, 0.717) is 22.9 Å². The van der Waals surface area contributed by atoms with E-state index < -0.39 is 5.91 Å². The number of nitrogens with zero attached hydrogens (tertiary/aromatic N) is 1. The first-order valence-corrected chi connectivity index (χ1v) is 9.04. The van der Waals surface area contributed by atoms with Crippen LogP contribution in [-0.2, 0) is 11.2 Å². The number of amides is 2. The van der Waals surface area contributed by atoms with Crippen molar-refractivity contribution in [1.82, 2.24) is 20.8 Å². The number of hydrazine groups is 1. The van der Waals surface area contributed by atoms with Gasteiger partial charge >= 0.3 is 0 Å². The SMILES string of the molecule is O=C(Cc1nc2ccccc2[nH]1)NNC(=O)c1ccccc1Oc1ccccc1. The van der Waals surface area contributed by atoms with E-state index in [-0.39, 0.29) is 12.3 Å². The second-order valence-electron chi connectivity index (χ2n) is 6.29. The first-order valence-electron chi connectivity index (χ1n) is 9.04. The summed E-state index contributed by atoms with van der Waals surface area (Å²) in [4.78, 5) is 32.1. The van der Waals surface area contributed by atoms with E-state index in [2.05, 4.69) is 20.8 Å². The highest BCUT2D eigenvalue weighted by Gasteiger charge is 2.14. The monoisotopic (exact) mass is 386 g/mol. The molecular formula is C22H18N4O3. The van der Waals surface area contributed by atoms with Crippen LogP contribution in [0.25, 0.3) is 11.0 Å². The Kier molecular flexibility index (Phi) is 5.20. The van der Waals surface area contributed by atoms with Crippen molar-refractivity contribution in [2.45, 2.75) is 6.42 Å². The number of carbonyl (C=O) groups is 2. The zero-order chi connectivity index (χ0) is 20.1. The van der Waals surface area contributed by atoms with Gasteiger partial charge in [-0.05, 0) is 36.4 Å². The molecule has 3 aromatic carbocycles. The van der Waals surface area contributed by atoms with Gasteiger partial charge in [0.1, 0.15) is 17.3 Å². The maximum atomic E-state index is 12.5. The molecule has 0 unspecified atom stereocenters. The highest BCUT2D eigenvalue weighted by molar-refractivity contribution is 5.98. The second kappa shape index (κ2) is 8.26. The lowest BCUT2D eigenvalue weighted by molar-refractivity contribution is -0.121. The number of H-pyrrole nitrogens is 1. The summed E-state index contributed by atoms with van der Waals surface area (Å²) in [6.45, 7) is 0. The summed E-state index contributed by atoms with van der Waals surface area (Å²) in [5.74, 6) is 0.656. The van der Waals surface area contributed by atoms with Crippen LogP contribution in [0, 0.1) is 0 Å². The maximum absolute atomic E-state index is 12.5. The minimum Gasteiger partial charge on any atom is -0.457 e. The van der Waals surface area contributed by atoms with Crippen molar-refractivity contribution < 1.29 is 14.3 Å². The molecule has 0 spiro atoms. The summed E-state index contributed by atoms with van der Waals surface area (Å²) in [5.41, 5.74) is 6.77. The predicted octanol–water partition coefficient (Wildman–Crippen LogP) is 3.36. The molecule has 1 aromatic heterocycles. The average molecular weight is 386 g/mol. The molecule has 1 heterocycles. The summed E-state index contributed by atoms with van der Waals surface area (Å²) < 4.78 is 5.78. The number of nitrogens with one attached hydrogen (secondary N) is 3. The van der Waals surface area contributed by atoms with Gasteiger partial charge in [-0.2, -0.15) is 0 Å². The van der Waals surface area contributed by atoms with E-state index in [1.165, 1.54) is 0 Å². The number of hydrogen-bond donors (Lipinski definition) is 3. The Labute approximate surface area is 166 Å². The van der Waals surface area contributed by atoms with Crippen molar-refractivity contribution in [3.8, 4) is 11.5 Å². The molecule has 0 saturated heterocycles. The Hall–Kier alpha value is -4.13. The van der Waals surface area contributed by atoms with Gasteiger partial charge in [0, 0.05) is 0 Å². The van der Waals surface area contributed by atoms with Crippen LogP contribution in [0.2, 0.25) is 0 Å². The highest BCUT2D eigenvalue weighted by Crippen LogP contribution is 2.24. The van der Waals surface area contributed by atoms with Gasteiger partial charge in [0.2, 0.25) is 5.91 Å². The van der Waals surface area contributed by atoms with E-state index >= 15 is 0 Å². The number of aromatic amines is 1. The van der Waals surface area contributed by atoms with E-state index in [1.54, 1.807) is 36.4 Å². The lowest BCUT2D eigenvalue weighted by Gasteiger charge is -2.11. The molecule has 2 amide bonds. The first-order chi connectivity index (χ1) is 14.2. The fraction of sp³-hybridized carbons (Fsp3) is 0.0455. The lowest BCUT2D eigenvalue weighted by Crippen LogP contribution is -2.42. The number of para-hydroxylation sites is 4. The highest BCUT2D eigenvalue weighted by atomic mass is 16.5.